The molecular formula is C13H15F3. The zero-order valence-electron chi connectivity index (χ0n) is 9.65. The highest BCUT2D eigenvalue weighted by atomic mass is 19.4. The van der Waals surface area contributed by atoms with Gasteiger partial charge in [-0.25, -0.2) is 0 Å². The van der Waals surface area contributed by atoms with Gasteiger partial charge in [0.15, 0.2) is 0 Å². The molecule has 0 heterocycles. The molecule has 1 aromatic rings. The summed E-state index contributed by atoms with van der Waals surface area (Å²) in [6, 6.07) is 5.34. The summed E-state index contributed by atoms with van der Waals surface area (Å²) in [6.07, 6.45) is -3.54. The van der Waals surface area contributed by atoms with Crippen LogP contribution in [-0.2, 0) is 12.6 Å². The largest absolute Gasteiger partial charge is 0.416 e. The van der Waals surface area contributed by atoms with E-state index in [0.717, 1.165) is 17.7 Å². The Labute approximate surface area is 93.8 Å². The fraction of sp³-hybridized carbons (Fsp3) is 0.385. The minimum absolute atomic E-state index is 0.592. The van der Waals surface area contributed by atoms with Crippen LogP contribution in [0.5, 0.6) is 0 Å². The molecule has 0 amide bonds. The molecule has 88 valence electrons. The SMILES string of the molecule is CC(C)=C(C)Cc1ccc(C(F)(F)F)cc1. The van der Waals surface area contributed by atoms with Crippen molar-refractivity contribution in [3.63, 3.8) is 0 Å². The molecule has 0 N–H and O–H groups in total. The first kappa shape index (κ1) is 12.8. The molecular weight excluding hydrogens is 213 g/mol. The summed E-state index contributed by atoms with van der Waals surface area (Å²) < 4.78 is 36.9. The van der Waals surface area contributed by atoms with Crippen LogP contribution in [0.25, 0.3) is 0 Å². The van der Waals surface area contributed by atoms with E-state index in [0.29, 0.717) is 6.42 Å². The third-order valence-electron chi connectivity index (χ3n) is 2.60. The predicted octanol–water partition coefficient (Wildman–Crippen LogP) is 4.60. The Kier molecular flexibility index (Phi) is 3.79. The molecule has 0 bridgehead atoms. The van der Waals surface area contributed by atoms with E-state index in [1.807, 2.05) is 20.8 Å². The number of benzene rings is 1. The summed E-state index contributed by atoms with van der Waals surface area (Å²) in [6.45, 7) is 5.99. The van der Waals surface area contributed by atoms with Crippen molar-refractivity contribution in [1.82, 2.24) is 0 Å². The lowest BCUT2D eigenvalue weighted by Crippen LogP contribution is -2.04. The Morgan fingerprint density at radius 1 is 1.00 bits per heavy atom. The van der Waals surface area contributed by atoms with Crippen molar-refractivity contribution in [3.8, 4) is 0 Å². The average Bonchev–Trinajstić information content (AvgIpc) is 2.17. The maximum Gasteiger partial charge on any atom is 0.416 e. The first-order chi connectivity index (χ1) is 7.30. The molecule has 0 saturated heterocycles. The molecule has 0 aromatic heterocycles. The van der Waals surface area contributed by atoms with Crippen LogP contribution in [0.3, 0.4) is 0 Å². The molecule has 0 spiro atoms. The van der Waals surface area contributed by atoms with Gasteiger partial charge in [0.25, 0.3) is 0 Å². The monoisotopic (exact) mass is 228 g/mol. The summed E-state index contributed by atoms with van der Waals surface area (Å²) in [7, 11) is 0. The van der Waals surface area contributed by atoms with Gasteiger partial charge in [-0.15, -0.1) is 0 Å². The number of halogens is 3. The van der Waals surface area contributed by atoms with Crippen LogP contribution in [0.15, 0.2) is 35.4 Å². The standard InChI is InChI=1S/C13H15F3/c1-9(2)10(3)8-11-4-6-12(7-5-11)13(14,15)16/h4-7H,8H2,1-3H3. The number of alkyl halides is 3. The van der Waals surface area contributed by atoms with E-state index in [1.165, 1.54) is 23.3 Å². The quantitative estimate of drug-likeness (QED) is 0.649. The van der Waals surface area contributed by atoms with Gasteiger partial charge in [0.2, 0.25) is 0 Å². The van der Waals surface area contributed by atoms with Crippen LogP contribution in [0, 0.1) is 0 Å². The van der Waals surface area contributed by atoms with Gasteiger partial charge in [0, 0.05) is 0 Å². The van der Waals surface area contributed by atoms with Crippen molar-refractivity contribution in [1.29, 1.82) is 0 Å². The molecule has 3 heteroatoms. The second-order valence-electron chi connectivity index (χ2n) is 4.15. The van der Waals surface area contributed by atoms with Crippen LogP contribution in [-0.4, -0.2) is 0 Å². The van der Waals surface area contributed by atoms with Crippen molar-refractivity contribution >= 4 is 0 Å². The molecule has 1 aromatic carbocycles. The van der Waals surface area contributed by atoms with E-state index in [4.69, 9.17) is 0 Å². The third kappa shape index (κ3) is 3.40. The maximum atomic E-state index is 12.3. The van der Waals surface area contributed by atoms with E-state index in [1.54, 1.807) is 0 Å². The van der Waals surface area contributed by atoms with Crippen LogP contribution >= 0.6 is 0 Å². The minimum atomic E-state index is -4.25. The summed E-state index contributed by atoms with van der Waals surface area (Å²) in [4.78, 5) is 0. The second-order valence-corrected chi connectivity index (χ2v) is 4.15. The van der Waals surface area contributed by atoms with E-state index >= 15 is 0 Å². The zero-order valence-corrected chi connectivity index (χ0v) is 9.65. The van der Waals surface area contributed by atoms with Crippen LogP contribution in [0.4, 0.5) is 13.2 Å². The van der Waals surface area contributed by atoms with Gasteiger partial charge in [-0.2, -0.15) is 13.2 Å². The highest BCUT2D eigenvalue weighted by molar-refractivity contribution is 5.28. The van der Waals surface area contributed by atoms with Crippen molar-refractivity contribution in [2.24, 2.45) is 0 Å². The maximum absolute atomic E-state index is 12.3. The molecule has 0 unspecified atom stereocenters. The van der Waals surface area contributed by atoms with Crippen molar-refractivity contribution in [2.75, 3.05) is 0 Å². The van der Waals surface area contributed by atoms with E-state index in [-0.39, 0.29) is 0 Å². The first-order valence-electron chi connectivity index (χ1n) is 5.10. The smallest absolute Gasteiger partial charge is 0.166 e. The van der Waals surface area contributed by atoms with Crippen molar-refractivity contribution < 1.29 is 13.2 Å². The van der Waals surface area contributed by atoms with E-state index in [2.05, 4.69) is 0 Å². The lowest BCUT2D eigenvalue weighted by Gasteiger charge is -2.08. The third-order valence-corrected chi connectivity index (χ3v) is 2.60. The molecule has 0 saturated carbocycles. The molecule has 16 heavy (non-hydrogen) atoms. The normalized spacial score (nSPS) is 11.4. The van der Waals surface area contributed by atoms with E-state index in [9.17, 15) is 13.2 Å². The molecule has 0 aliphatic rings. The molecule has 1 rings (SSSR count). The van der Waals surface area contributed by atoms with Crippen molar-refractivity contribution in [3.05, 3.63) is 46.5 Å². The van der Waals surface area contributed by atoms with Crippen LogP contribution in [0.1, 0.15) is 31.9 Å². The topological polar surface area (TPSA) is 0 Å². The zero-order chi connectivity index (χ0) is 12.3. The number of allylic oxidation sites excluding steroid dienone is 2. The predicted molar refractivity (Wildman–Crippen MR) is 59.2 cm³/mol. The minimum Gasteiger partial charge on any atom is -0.166 e. The Morgan fingerprint density at radius 3 is 1.88 bits per heavy atom. The fourth-order valence-electron chi connectivity index (χ4n) is 1.29. The lowest BCUT2D eigenvalue weighted by atomic mass is 10.0. The summed E-state index contributed by atoms with van der Waals surface area (Å²) in [5, 5.41) is 0. The highest BCUT2D eigenvalue weighted by Crippen LogP contribution is 2.29. The molecule has 0 radical (unpaired) electrons. The van der Waals surface area contributed by atoms with Gasteiger partial charge < -0.3 is 0 Å². The highest BCUT2D eigenvalue weighted by Gasteiger charge is 2.29. The molecule has 0 aliphatic carbocycles. The Balaban J connectivity index is 2.85. The summed E-state index contributed by atoms with van der Waals surface area (Å²) in [5.74, 6) is 0. The van der Waals surface area contributed by atoms with Gasteiger partial charge in [-0.3, -0.25) is 0 Å². The summed E-state index contributed by atoms with van der Waals surface area (Å²) in [5.41, 5.74) is 2.72. The molecule has 0 aliphatic heterocycles. The number of hydrogen-bond acceptors (Lipinski definition) is 0. The average molecular weight is 228 g/mol. The Hall–Kier alpha value is -1.25. The molecule has 0 fully saturated rings. The molecule has 0 nitrogen and oxygen atoms in total. The van der Waals surface area contributed by atoms with Gasteiger partial charge >= 0.3 is 6.18 Å². The van der Waals surface area contributed by atoms with Gasteiger partial charge in [-0.1, -0.05) is 23.3 Å². The van der Waals surface area contributed by atoms with Gasteiger partial charge in [-0.05, 0) is 44.9 Å². The Morgan fingerprint density at radius 2 is 1.50 bits per heavy atom. The number of rotatable bonds is 2. The van der Waals surface area contributed by atoms with Crippen LogP contribution in [0.2, 0.25) is 0 Å². The van der Waals surface area contributed by atoms with Crippen LogP contribution < -0.4 is 0 Å². The Bertz CT molecular complexity index is 379. The lowest BCUT2D eigenvalue weighted by molar-refractivity contribution is -0.137. The second kappa shape index (κ2) is 4.73. The van der Waals surface area contributed by atoms with Gasteiger partial charge in [0.05, 0.1) is 5.56 Å². The van der Waals surface area contributed by atoms with Crippen molar-refractivity contribution in [2.45, 2.75) is 33.4 Å². The molecule has 0 atom stereocenters. The van der Waals surface area contributed by atoms with Gasteiger partial charge in [0.1, 0.15) is 0 Å². The van der Waals surface area contributed by atoms with E-state index < -0.39 is 11.7 Å². The summed E-state index contributed by atoms with van der Waals surface area (Å²) >= 11 is 0. The number of hydrogen-bond donors (Lipinski definition) is 0. The fourth-order valence-corrected chi connectivity index (χ4v) is 1.29. The first-order valence-corrected chi connectivity index (χ1v) is 5.10.